The number of alkyl halides is 3. The van der Waals surface area contributed by atoms with Gasteiger partial charge < -0.3 is 10.2 Å². The van der Waals surface area contributed by atoms with Gasteiger partial charge in [0.15, 0.2) is 0 Å². The standard InChI is InChI=1S/C19H19ClF3N3O/c20-17-4-2-12(7-16(17)15-3-1-10(15)9-24)25-18(27)26-13-5-11(19(21,22)23)6-14(26)8-13/h2,4,7,10-11,13-15H,1,3,5-6,8H2,(H,25,27)/t10-,11?,13?,14?,15?/m1/s1. The summed E-state index contributed by atoms with van der Waals surface area (Å²) < 4.78 is 38.7. The van der Waals surface area contributed by atoms with E-state index >= 15 is 0 Å². The van der Waals surface area contributed by atoms with E-state index in [1.54, 1.807) is 18.2 Å². The quantitative estimate of drug-likeness (QED) is 0.735. The van der Waals surface area contributed by atoms with Crippen LogP contribution in [0.1, 0.15) is 43.6 Å². The van der Waals surface area contributed by atoms with Gasteiger partial charge in [-0.1, -0.05) is 11.6 Å². The third-order valence-corrected chi connectivity index (χ3v) is 6.57. The van der Waals surface area contributed by atoms with Crippen molar-refractivity contribution in [3.8, 4) is 6.07 Å². The van der Waals surface area contributed by atoms with E-state index in [1.165, 1.54) is 4.90 Å². The van der Waals surface area contributed by atoms with Gasteiger partial charge in [0.2, 0.25) is 0 Å². The van der Waals surface area contributed by atoms with Gasteiger partial charge >= 0.3 is 12.2 Å². The smallest absolute Gasteiger partial charge is 0.318 e. The van der Waals surface area contributed by atoms with Gasteiger partial charge in [0.05, 0.1) is 17.9 Å². The van der Waals surface area contributed by atoms with Crippen LogP contribution in [0.3, 0.4) is 0 Å². The average molecular weight is 398 g/mol. The van der Waals surface area contributed by atoms with Crippen LogP contribution >= 0.6 is 11.6 Å². The molecule has 2 saturated carbocycles. The lowest BCUT2D eigenvalue weighted by atomic mass is 9.71. The van der Waals surface area contributed by atoms with Crippen molar-refractivity contribution in [1.29, 1.82) is 5.26 Å². The zero-order valence-electron chi connectivity index (χ0n) is 14.5. The van der Waals surface area contributed by atoms with E-state index in [0.717, 1.165) is 18.4 Å². The zero-order valence-corrected chi connectivity index (χ0v) is 15.2. The number of urea groups is 1. The number of anilines is 1. The molecular formula is C19H19ClF3N3O. The average Bonchev–Trinajstić information content (AvgIpc) is 2.56. The van der Waals surface area contributed by atoms with E-state index in [4.69, 9.17) is 16.9 Å². The van der Waals surface area contributed by atoms with Crippen LogP contribution in [-0.2, 0) is 0 Å². The van der Waals surface area contributed by atoms with Crippen molar-refractivity contribution in [2.45, 2.75) is 56.3 Å². The SMILES string of the molecule is N#C[C@H]1CCC1c1cc(NC(=O)N2C3CC2CC(C(F)(F)F)C3)ccc1Cl. The fraction of sp³-hybridized carbons (Fsp3) is 0.579. The van der Waals surface area contributed by atoms with E-state index in [-0.39, 0.29) is 42.8 Å². The first-order valence-corrected chi connectivity index (χ1v) is 9.51. The molecule has 3 aliphatic rings. The summed E-state index contributed by atoms with van der Waals surface area (Å²) in [4.78, 5) is 14.1. The fourth-order valence-electron chi connectivity index (χ4n) is 4.59. The summed E-state index contributed by atoms with van der Waals surface area (Å²) in [5, 5.41) is 12.5. The number of carbonyl (C=O) groups is 1. The highest BCUT2D eigenvalue weighted by Crippen LogP contribution is 2.48. The summed E-state index contributed by atoms with van der Waals surface area (Å²) in [6.45, 7) is 0. The first-order chi connectivity index (χ1) is 12.8. The summed E-state index contributed by atoms with van der Waals surface area (Å²) in [7, 11) is 0. The number of fused-ring (bicyclic) bond motifs is 2. The van der Waals surface area contributed by atoms with Crippen LogP contribution in [-0.4, -0.2) is 29.2 Å². The van der Waals surface area contributed by atoms with Crippen LogP contribution in [0.5, 0.6) is 0 Å². The Labute approximate surface area is 160 Å². The number of amides is 2. The second-order valence-electron chi connectivity index (χ2n) is 7.75. The van der Waals surface area contributed by atoms with Gasteiger partial charge in [-0.25, -0.2) is 4.79 Å². The molecule has 1 aromatic rings. The number of carbonyl (C=O) groups excluding carboxylic acids is 1. The largest absolute Gasteiger partial charge is 0.391 e. The Bertz CT molecular complexity index is 794. The van der Waals surface area contributed by atoms with Crippen molar-refractivity contribution in [2.75, 3.05) is 5.32 Å². The summed E-state index contributed by atoms with van der Waals surface area (Å²) in [6.07, 6.45) is -1.88. The molecule has 0 aromatic heterocycles. The number of likely N-dealkylation sites (tertiary alicyclic amines) is 1. The third-order valence-electron chi connectivity index (χ3n) is 6.23. The van der Waals surface area contributed by atoms with Gasteiger partial charge in [-0.05, 0) is 55.9 Å². The van der Waals surface area contributed by atoms with Crippen LogP contribution in [0.25, 0.3) is 0 Å². The van der Waals surface area contributed by atoms with E-state index in [0.29, 0.717) is 17.1 Å². The predicted octanol–water partition coefficient (Wildman–Crippen LogP) is 5.30. The maximum atomic E-state index is 12.9. The molecule has 27 heavy (non-hydrogen) atoms. The molecule has 1 heterocycles. The highest BCUT2D eigenvalue weighted by Gasteiger charge is 2.54. The molecule has 1 aromatic carbocycles. The zero-order chi connectivity index (χ0) is 19.3. The van der Waals surface area contributed by atoms with Crippen LogP contribution in [0.2, 0.25) is 5.02 Å². The molecule has 2 amide bonds. The number of halogens is 4. The molecule has 2 bridgehead atoms. The molecule has 0 radical (unpaired) electrons. The maximum Gasteiger partial charge on any atom is 0.391 e. The van der Waals surface area contributed by atoms with Gasteiger partial charge in [-0.15, -0.1) is 0 Å². The molecule has 144 valence electrons. The monoisotopic (exact) mass is 397 g/mol. The molecule has 8 heteroatoms. The van der Waals surface area contributed by atoms with E-state index in [2.05, 4.69) is 11.4 Å². The molecule has 2 aliphatic carbocycles. The minimum Gasteiger partial charge on any atom is -0.318 e. The van der Waals surface area contributed by atoms with Gasteiger partial charge in [-0.3, -0.25) is 0 Å². The molecule has 3 unspecified atom stereocenters. The van der Waals surface area contributed by atoms with Crippen LogP contribution in [0.4, 0.5) is 23.7 Å². The lowest BCUT2D eigenvalue weighted by Crippen LogP contribution is -2.65. The molecule has 4 rings (SSSR count). The first-order valence-electron chi connectivity index (χ1n) is 9.13. The minimum absolute atomic E-state index is 0.0226. The number of hydrogen-bond acceptors (Lipinski definition) is 2. The Balaban J connectivity index is 1.43. The number of nitrogens with one attached hydrogen (secondary N) is 1. The van der Waals surface area contributed by atoms with E-state index in [1.807, 2.05) is 0 Å². The summed E-state index contributed by atoms with van der Waals surface area (Å²) in [6, 6.07) is 6.35. The van der Waals surface area contributed by atoms with E-state index in [9.17, 15) is 18.0 Å². The van der Waals surface area contributed by atoms with Crippen molar-refractivity contribution in [3.63, 3.8) is 0 Å². The van der Waals surface area contributed by atoms with E-state index < -0.39 is 12.1 Å². The second kappa shape index (κ2) is 6.59. The third kappa shape index (κ3) is 3.25. The summed E-state index contributed by atoms with van der Waals surface area (Å²) >= 11 is 6.26. The molecule has 1 aliphatic heterocycles. The fourth-order valence-corrected chi connectivity index (χ4v) is 4.85. The first kappa shape index (κ1) is 18.4. The maximum absolute atomic E-state index is 12.9. The summed E-state index contributed by atoms with van der Waals surface area (Å²) in [5.41, 5.74) is 1.40. The molecule has 4 nitrogen and oxygen atoms in total. The van der Waals surface area contributed by atoms with Crippen molar-refractivity contribution < 1.29 is 18.0 Å². The van der Waals surface area contributed by atoms with Gasteiger partial charge in [0.25, 0.3) is 0 Å². The van der Waals surface area contributed by atoms with Crippen molar-refractivity contribution in [2.24, 2.45) is 11.8 Å². The van der Waals surface area contributed by atoms with Crippen LogP contribution < -0.4 is 5.32 Å². The minimum atomic E-state index is -4.19. The van der Waals surface area contributed by atoms with Gasteiger partial charge in [-0.2, -0.15) is 18.4 Å². The number of rotatable bonds is 2. The van der Waals surface area contributed by atoms with Crippen LogP contribution in [0, 0.1) is 23.2 Å². The topological polar surface area (TPSA) is 56.1 Å². The predicted molar refractivity (Wildman–Crippen MR) is 94.4 cm³/mol. The molecule has 1 saturated heterocycles. The van der Waals surface area contributed by atoms with Crippen molar-refractivity contribution in [1.82, 2.24) is 4.90 Å². The Kier molecular flexibility index (Phi) is 4.50. The van der Waals surface area contributed by atoms with Crippen molar-refractivity contribution >= 4 is 23.3 Å². The number of benzene rings is 1. The second-order valence-corrected chi connectivity index (χ2v) is 8.15. The Hall–Kier alpha value is -1.94. The van der Waals surface area contributed by atoms with Gasteiger partial charge in [0.1, 0.15) is 0 Å². The molecule has 0 spiro atoms. The molecule has 1 N–H and O–H groups in total. The highest BCUT2D eigenvalue weighted by molar-refractivity contribution is 6.31. The molecule has 3 fully saturated rings. The number of hydrogen-bond donors (Lipinski definition) is 1. The van der Waals surface area contributed by atoms with Crippen molar-refractivity contribution in [3.05, 3.63) is 28.8 Å². The molecule has 4 atom stereocenters. The van der Waals surface area contributed by atoms with Gasteiger partial charge in [0, 0.05) is 28.7 Å². The Morgan fingerprint density at radius 3 is 2.48 bits per heavy atom. The lowest BCUT2D eigenvalue weighted by Gasteiger charge is -2.55. The number of nitriles is 1. The Morgan fingerprint density at radius 2 is 1.93 bits per heavy atom. The normalized spacial score (nSPS) is 32.1. The van der Waals surface area contributed by atoms with Crippen LogP contribution in [0.15, 0.2) is 18.2 Å². The summed E-state index contributed by atoms with van der Waals surface area (Å²) in [5.74, 6) is -1.31. The Morgan fingerprint density at radius 1 is 1.22 bits per heavy atom. The molecular weight excluding hydrogens is 379 g/mol. The number of piperidine rings is 1. The number of nitrogens with zero attached hydrogens (tertiary/aromatic N) is 2. The lowest BCUT2D eigenvalue weighted by molar-refractivity contribution is -0.205. The highest BCUT2D eigenvalue weighted by atomic mass is 35.5.